The third kappa shape index (κ3) is 4.01. The molecule has 2 N–H and O–H groups in total. The molecule has 0 saturated carbocycles. The molecule has 4 nitrogen and oxygen atoms in total. The second-order valence-corrected chi connectivity index (χ2v) is 2.43. The molecule has 0 fully saturated rings. The summed E-state index contributed by atoms with van der Waals surface area (Å²) in [6.07, 6.45) is -4.05. The molecular formula is C8H11F3N2O2. The molecule has 0 aromatic carbocycles. The van der Waals surface area contributed by atoms with E-state index in [-0.39, 0.29) is 6.61 Å². The SMILES string of the molecule is CCOC(=O)C(C=NC)=C(N)C(F)(F)F. The van der Waals surface area contributed by atoms with Crippen molar-refractivity contribution in [3.05, 3.63) is 11.3 Å². The largest absolute Gasteiger partial charge is 0.462 e. The van der Waals surface area contributed by atoms with Crippen molar-refractivity contribution in [1.29, 1.82) is 0 Å². The second kappa shape index (κ2) is 5.38. The molecule has 15 heavy (non-hydrogen) atoms. The van der Waals surface area contributed by atoms with Gasteiger partial charge >= 0.3 is 12.1 Å². The van der Waals surface area contributed by atoms with Crippen LogP contribution in [0.1, 0.15) is 6.92 Å². The minimum atomic E-state index is -4.77. The van der Waals surface area contributed by atoms with Crippen LogP contribution in [0.25, 0.3) is 0 Å². The van der Waals surface area contributed by atoms with Gasteiger partial charge in [0.05, 0.1) is 6.61 Å². The molecule has 0 aliphatic heterocycles. The lowest BCUT2D eigenvalue weighted by Crippen LogP contribution is -2.26. The Hall–Kier alpha value is -1.53. The van der Waals surface area contributed by atoms with Crippen LogP contribution in [0, 0.1) is 0 Å². The minimum Gasteiger partial charge on any atom is -0.462 e. The quantitative estimate of drug-likeness (QED) is 0.442. The van der Waals surface area contributed by atoms with E-state index in [1.807, 2.05) is 0 Å². The van der Waals surface area contributed by atoms with Gasteiger partial charge in [-0.1, -0.05) is 0 Å². The summed E-state index contributed by atoms with van der Waals surface area (Å²) >= 11 is 0. The average molecular weight is 224 g/mol. The zero-order valence-corrected chi connectivity index (χ0v) is 8.26. The molecule has 0 amide bonds. The van der Waals surface area contributed by atoms with Gasteiger partial charge in [-0.2, -0.15) is 13.2 Å². The van der Waals surface area contributed by atoms with Gasteiger partial charge in [-0.15, -0.1) is 0 Å². The molecule has 0 aliphatic carbocycles. The summed E-state index contributed by atoms with van der Waals surface area (Å²) in [5.41, 5.74) is 2.48. The monoisotopic (exact) mass is 224 g/mol. The van der Waals surface area contributed by atoms with Gasteiger partial charge in [0, 0.05) is 13.3 Å². The van der Waals surface area contributed by atoms with Crippen molar-refractivity contribution in [3.63, 3.8) is 0 Å². The van der Waals surface area contributed by atoms with Crippen molar-refractivity contribution >= 4 is 12.2 Å². The van der Waals surface area contributed by atoms with Crippen molar-refractivity contribution < 1.29 is 22.7 Å². The molecule has 0 aromatic heterocycles. The van der Waals surface area contributed by atoms with Crippen LogP contribution in [0.15, 0.2) is 16.3 Å². The molecule has 0 unspecified atom stereocenters. The minimum absolute atomic E-state index is 0.0367. The van der Waals surface area contributed by atoms with E-state index < -0.39 is 23.4 Å². The fourth-order valence-electron chi connectivity index (χ4n) is 0.723. The molecule has 0 bridgehead atoms. The van der Waals surface area contributed by atoms with E-state index >= 15 is 0 Å². The number of carbonyl (C=O) groups is 1. The van der Waals surface area contributed by atoms with Gasteiger partial charge in [0.15, 0.2) is 0 Å². The van der Waals surface area contributed by atoms with Crippen molar-refractivity contribution in [3.8, 4) is 0 Å². The van der Waals surface area contributed by atoms with E-state index in [4.69, 9.17) is 5.73 Å². The number of ether oxygens (including phenoxy) is 1. The number of allylic oxidation sites excluding steroid dienone is 1. The van der Waals surface area contributed by atoms with E-state index in [1.165, 1.54) is 14.0 Å². The van der Waals surface area contributed by atoms with Gasteiger partial charge in [0.1, 0.15) is 11.3 Å². The number of esters is 1. The molecular weight excluding hydrogens is 213 g/mol. The predicted octanol–water partition coefficient (Wildman–Crippen LogP) is 1.03. The first-order chi connectivity index (χ1) is 6.84. The Kier molecular flexibility index (Phi) is 4.83. The summed E-state index contributed by atoms with van der Waals surface area (Å²) in [7, 11) is 1.23. The van der Waals surface area contributed by atoms with Crippen LogP contribution >= 0.6 is 0 Å². The highest BCUT2D eigenvalue weighted by molar-refractivity contribution is 6.10. The number of nitrogens with zero attached hydrogens (tertiary/aromatic N) is 1. The number of nitrogens with two attached hydrogens (primary N) is 1. The topological polar surface area (TPSA) is 64.7 Å². The first-order valence-electron chi connectivity index (χ1n) is 4.00. The Morgan fingerprint density at radius 1 is 1.53 bits per heavy atom. The van der Waals surface area contributed by atoms with Crippen LogP contribution in [0.2, 0.25) is 0 Å². The molecule has 0 atom stereocenters. The fraction of sp³-hybridized carbons (Fsp3) is 0.500. The summed E-state index contributed by atoms with van der Waals surface area (Å²) in [5.74, 6) is -1.14. The Morgan fingerprint density at radius 3 is 2.40 bits per heavy atom. The van der Waals surface area contributed by atoms with E-state index in [0.717, 1.165) is 6.21 Å². The third-order valence-electron chi connectivity index (χ3n) is 1.35. The molecule has 0 radical (unpaired) electrons. The van der Waals surface area contributed by atoms with Gasteiger partial charge < -0.3 is 10.5 Å². The smallest absolute Gasteiger partial charge is 0.431 e. The van der Waals surface area contributed by atoms with Crippen LogP contribution in [0.5, 0.6) is 0 Å². The number of hydrogen-bond acceptors (Lipinski definition) is 4. The number of carbonyl (C=O) groups excluding carboxylic acids is 1. The molecule has 86 valence electrons. The number of halogens is 3. The number of aliphatic imine (C=N–C) groups is 1. The maximum atomic E-state index is 12.2. The molecule has 7 heteroatoms. The van der Waals surface area contributed by atoms with E-state index in [9.17, 15) is 18.0 Å². The van der Waals surface area contributed by atoms with Crippen LogP contribution in [0.3, 0.4) is 0 Å². The Bertz CT molecular complexity index is 295. The molecule has 0 rings (SSSR count). The maximum Gasteiger partial charge on any atom is 0.431 e. The lowest BCUT2D eigenvalue weighted by molar-refractivity contribution is -0.139. The molecule has 0 spiro atoms. The van der Waals surface area contributed by atoms with Crippen LogP contribution in [0.4, 0.5) is 13.2 Å². The Labute approximate surface area is 84.6 Å². The van der Waals surface area contributed by atoms with Crippen LogP contribution in [-0.4, -0.2) is 32.0 Å². The average Bonchev–Trinajstić information content (AvgIpc) is 2.12. The molecule has 0 heterocycles. The van der Waals surface area contributed by atoms with Crippen molar-refractivity contribution in [2.24, 2.45) is 10.7 Å². The van der Waals surface area contributed by atoms with E-state index in [2.05, 4.69) is 9.73 Å². The maximum absolute atomic E-state index is 12.2. The van der Waals surface area contributed by atoms with Gasteiger partial charge in [-0.05, 0) is 6.92 Å². The summed E-state index contributed by atoms with van der Waals surface area (Å²) in [4.78, 5) is 14.4. The van der Waals surface area contributed by atoms with Gasteiger partial charge in [-0.3, -0.25) is 4.99 Å². The number of hydrogen-bond donors (Lipinski definition) is 1. The van der Waals surface area contributed by atoms with Gasteiger partial charge in [0.25, 0.3) is 0 Å². The van der Waals surface area contributed by atoms with Crippen LogP contribution in [-0.2, 0) is 9.53 Å². The lowest BCUT2D eigenvalue weighted by atomic mass is 10.2. The highest BCUT2D eigenvalue weighted by Gasteiger charge is 2.36. The van der Waals surface area contributed by atoms with Crippen molar-refractivity contribution in [2.45, 2.75) is 13.1 Å². The van der Waals surface area contributed by atoms with Gasteiger partial charge in [0.2, 0.25) is 0 Å². The fourth-order valence-corrected chi connectivity index (χ4v) is 0.723. The summed E-state index contributed by atoms with van der Waals surface area (Å²) in [6, 6.07) is 0. The highest BCUT2D eigenvalue weighted by Crippen LogP contribution is 2.24. The zero-order chi connectivity index (χ0) is 12.1. The predicted molar refractivity (Wildman–Crippen MR) is 48.3 cm³/mol. The first kappa shape index (κ1) is 13.5. The van der Waals surface area contributed by atoms with Crippen molar-refractivity contribution in [2.75, 3.05) is 13.7 Å². The van der Waals surface area contributed by atoms with E-state index in [0.29, 0.717) is 0 Å². The summed E-state index contributed by atoms with van der Waals surface area (Å²) in [6.45, 7) is 1.44. The molecule has 0 aromatic rings. The Balaban J connectivity index is 5.20. The van der Waals surface area contributed by atoms with Crippen LogP contribution < -0.4 is 5.73 Å². The van der Waals surface area contributed by atoms with Gasteiger partial charge in [-0.25, -0.2) is 4.79 Å². The third-order valence-corrected chi connectivity index (χ3v) is 1.35. The highest BCUT2D eigenvalue weighted by atomic mass is 19.4. The lowest BCUT2D eigenvalue weighted by Gasteiger charge is -2.10. The van der Waals surface area contributed by atoms with Crippen molar-refractivity contribution in [1.82, 2.24) is 0 Å². The molecule has 0 saturated heterocycles. The molecule has 0 aliphatic rings. The summed E-state index contributed by atoms with van der Waals surface area (Å²) < 4.78 is 40.9. The normalized spacial score (nSPS) is 13.9. The summed E-state index contributed by atoms with van der Waals surface area (Å²) in [5, 5.41) is 0. The Morgan fingerprint density at radius 2 is 2.07 bits per heavy atom. The second-order valence-electron chi connectivity index (χ2n) is 2.43. The first-order valence-corrected chi connectivity index (χ1v) is 4.00. The number of alkyl halides is 3. The zero-order valence-electron chi connectivity index (χ0n) is 8.26. The number of rotatable bonds is 3. The van der Waals surface area contributed by atoms with E-state index in [1.54, 1.807) is 0 Å². The standard InChI is InChI=1S/C8H11F3N2O2/c1-3-15-7(14)5(4-13-2)6(12)8(9,10)11/h4H,3,12H2,1-2H3.